The van der Waals surface area contributed by atoms with Gasteiger partial charge in [0.05, 0.1) is 6.04 Å². The van der Waals surface area contributed by atoms with Crippen molar-refractivity contribution in [2.75, 3.05) is 12.0 Å². The first-order chi connectivity index (χ1) is 16.8. The lowest BCUT2D eigenvalue weighted by Gasteiger charge is -2.25. The maximum absolute atomic E-state index is 12.9. The molecule has 0 bridgehead atoms. The van der Waals surface area contributed by atoms with E-state index in [9.17, 15) is 38.7 Å². The molecule has 5 amide bonds. The second kappa shape index (κ2) is 17.1. The second-order valence-corrected chi connectivity index (χ2v) is 8.84. The summed E-state index contributed by atoms with van der Waals surface area (Å²) in [5, 5.41) is 24.9. The molecule has 0 fully saturated rings. The Kier molecular flexibility index (Phi) is 15.5. The van der Waals surface area contributed by atoms with E-state index in [0.29, 0.717) is 12.2 Å². The Labute approximate surface area is 211 Å². The van der Waals surface area contributed by atoms with Crippen LogP contribution in [0.4, 0.5) is 0 Å². The van der Waals surface area contributed by atoms with Crippen LogP contribution in [-0.4, -0.2) is 87.9 Å². The SMILES string of the molecule is CSCCC(N)C(=O)NC(CCC(N)=O)C(=O)NC(CCC(N)=O)C(=O)NC(CCC(=O)O)C(=O)O. The van der Waals surface area contributed by atoms with E-state index in [-0.39, 0.29) is 25.7 Å². The Morgan fingerprint density at radius 1 is 0.694 bits per heavy atom. The smallest absolute Gasteiger partial charge is 0.326 e. The average molecular weight is 535 g/mol. The minimum atomic E-state index is -1.58. The lowest BCUT2D eigenvalue weighted by atomic mass is 10.1. The number of aliphatic carboxylic acids is 2. The second-order valence-electron chi connectivity index (χ2n) is 7.85. The molecule has 0 saturated carbocycles. The van der Waals surface area contributed by atoms with Crippen LogP contribution in [-0.2, 0) is 33.6 Å². The normalized spacial score (nSPS) is 13.9. The van der Waals surface area contributed by atoms with Gasteiger partial charge in [-0.3, -0.25) is 28.8 Å². The van der Waals surface area contributed by atoms with Crippen molar-refractivity contribution < 1.29 is 43.8 Å². The number of carboxylic acid groups (broad SMARTS) is 2. The molecule has 16 heteroatoms. The molecule has 0 aromatic carbocycles. The van der Waals surface area contributed by atoms with E-state index in [2.05, 4.69) is 16.0 Å². The molecule has 0 aliphatic rings. The van der Waals surface area contributed by atoms with E-state index in [1.807, 2.05) is 6.26 Å². The van der Waals surface area contributed by atoms with Gasteiger partial charge in [0.25, 0.3) is 0 Å². The van der Waals surface area contributed by atoms with E-state index < -0.39 is 78.5 Å². The van der Waals surface area contributed by atoms with Crippen LogP contribution in [0.5, 0.6) is 0 Å². The lowest BCUT2D eigenvalue weighted by Crippen LogP contribution is -2.57. The molecule has 0 aliphatic carbocycles. The number of nitrogens with one attached hydrogen (secondary N) is 3. The molecule has 0 aliphatic heterocycles. The largest absolute Gasteiger partial charge is 0.481 e. The molecular formula is C20H34N6O9S. The van der Waals surface area contributed by atoms with Crippen LogP contribution < -0.4 is 33.2 Å². The number of rotatable bonds is 19. The summed E-state index contributed by atoms with van der Waals surface area (Å²) < 4.78 is 0. The maximum atomic E-state index is 12.9. The van der Waals surface area contributed by atoms with Crippen LogP contribution in [0.15, 0.2) is 0 Å². The fourth-order valence-electron chi connectivity index (χ4n) is 2.84. The van der Waals surface area contributed by atoms with Gasteiger partial charge in [0.15, 0.2) is 0 Å². The van der Waals surface area contributed by atoms with Gasteiger partial charge in [-0.05, 0) is 37.7 Å². The van der Waals surface area contributed by atoms with Gasteiger partial charge in [0.1, 0.15) is 18.1 Å². The first-order valence-corrected chi connectivity index (χ1v) is 12.3. The van der Waals surface area contributed by atoms with Gasteiger partial charge in [0, 0.05) is 19.3 Å². The number of carboxylic acids is 2. The van der Waals surface area contributed by atoms with Gasteiger partial charge in [-0.25, -0.2) is 4.79 Å². The molecule has 15 nitrogen and oxygen atoms in total. The van der Waals surface area contributed by atoms with Crippen LogP contribution in [0.2, 0.25) is 0 Å². The van der Waals surface area contributed by atoms with E-state index in [0.717, 1.165) is 0 Å². The van der Waals surface area contributed by atoms with Crippen LogP contribution in [0.1, 0.15) is 44.9 Å². The summed E-state index contributed by atoms with van der Waals surface area (Å²) in [5.74, 6) is -6.36. The molecule has 4 unspecified atom stereocenters. The summed E-state index contributed by atoms with van der Waals surface area (Å²) in [6.07, 6.45) is -0.0263. The number of primary amides is 2. The molecule has 204 valence electrons. The molecule has 0 aromatic rings. The van der Waals surface area contributed by atoms with Crippen molar-refractivity contribution in [3.8, 4) is 0 Å². The summed E-state index contributed by atoms with van der Waals surface area (Å²) in [6, 6.07) is -5.31. The highest BCUT2D eigenvalue weighted by atomic mass is 32.2. The van der Waals surface area contributed by atoms with Crippen molar-refractivity contribution >= 4 is 53.2 Å². The average Bonchev–Trinajstić information content (AvgIpc) is 2.79. The number of hydrogen-bond donors (Lipinski definition) is 8. The monoisotopic (exact) mass is 534 g/mol. The van der Waals surface area contributed by atoms with Gasteiger partial charge in [-0.2, -0.15) is 11.8 Å². The predicted molar refractivity (Wildman–Crippen MR) is 128 cm³/mol. The zero-order valence-corrected chi connectivity index (χ0v) is 20.7. The molecule has 0 heterocycles. The van der Waals surface area contributed by atoms with E-state index in [1.165, 1.54) is 11.8 Å². The standard InChI is InChI=1S/C20H34N6O9S/c1-36-9-8-10(21)17(31)24-11(2-5-14(22)27)18(32)25-12(3-6-15(23)28)19(33)26-13(20(34)35)4-7-16(29)30/h10-13H,2-9,21H2,1H3,(H2,22,27)(H2,23,28)(H,24,31)(H,25,32)(H,26,33)(H,29,30)(H,34,35). The first kappa shape index (κ1) is 32.6. The molecule has 0 saturated heterocycles. The third-order valence-electron chi connectivity index (χ3n) is 4.86. The topological polar surface area (TPSA) is 274 Å². The third kappa shape index (κ3) is 14.1. The molecule has 4 atom stereocenters. The van der Waals surface area contributed by atoms with Crippen molar-refractivity contribution in [2.24, 2.45) is 17.2 Å². The molecule has 0 aromatic heterocycles. The Bertz CT molecular complexity index is 825. The predicted octanol–water partition coefficient (Wildman–Crippen LogP) is -3.00. The highest BCUT2D eigenvalue weighted by molar-refractivity contribution is 7.98. The number of carbonyl (C=O) groups is 7. The van der Waals surface area contributed by atoms with Gasteiger partial charge >= 0.3 is 11.9 Å². The maximum Gasteiger partial charge on any atom is 0.326 e. The van der Waals surface area contributed by atoms with E-state index in [4.69, 9.17) is 22.3 Å². The highest BCUT2D eigenvalue weighted by Gasteiger charge is 2.30. The van der Waals surface area contributed by atoms with E-state index >= 15 is 0 Å². The van der Waals surface area contributed by atoms with Gasteiger partial charge < -0.3 is 43.4 Å². The summed E-state index contributed by atoms with van der Waals surface area (Å²) in [5.41, 5.74) is 16.1. The van der Waals surface area contributed by atoms with Crippen LogP contribution in [0.25, 0.3) is 0 Å². The fourth-order valence-corrected chi connectivity index (χ4v) is 3.32. The Balaban J connectivity index is 5.61. The lowest BCUT2D eigenvalue weighted by molar-refractivity contribution is -0.143. The molecule has 11 N–H and O–H groups in total. The molecule has 36 heavy (non-hydrogen) atoms. The summed E-state index contributed by atoms with van der Waals surface area (Å²) in [7, 11) is 0. The molecular weight excluding hydrogens is 500 g/mol. The minimum absolute atomic E-state index is 0.220. The molecule has 0 rings (SSSR count). The third-order valence-corrected chi connectivity index (χ3v) is 5.50. The van der Waals surface area contributed by atoms with Crippen molar-refractivity contribution in [3.63, 3.8) is 0 Å². The molecule has 0 spiro atoms. The zero-order chi connectivity index (χ0) is 27.8. The van der Waals surface area contributed by atoms with Gasteiger partial charge in [-0.1, -0.05) is 0 Å². The number of hydrogen-bond acceptors (Lipinski definition) is 9. The van der Waals surface area contributed by atoms with Crippen LogP contribution in [0, 0.1) is 0 Å². The Hall–Kier alpha value is -3.40. The van der Waals surface area contributed by atoms with Crippen molar-refractivity contribution in [1.82, 2.24) is 16.0 Å². The first-order valence-electron chi connectivity index (χ1n) is 10.9. The number of thioether (sulfide) groups is 1. The number of nitrogens with two attached hydrogens (primary N) is 3. The Morgan fingerprint density at radius 3 is 1.50 bits per heavy atom. The van der Waals surface area contributed by atoms with Crippen LogP contribution >= 0.6 is 11.8 Å². The summed E-state index contributed by atoms with van der Waals surface area (Å²) in [6.45, 7) is 0. The van der Waals surface area contributed by atoms with Gasteiger partial charge in [0.2, 0.25) is 29.5 Å². The van der Waals surface area contributed by atoms with Crippen molar-refractivity contribution in [2.45, 2.75) is 69.1 Å². The van der Waals surface area contributed by atoms with Gasteiger partial charge in [-0.15, -0.1) is 0 Å². The molecule has 0 radical (unpaired) electrons. The Morgan fingerprint density at radius 2 is 1.11 bits per heavy atom. The summed E-state index contributed by atoms with van der Waals surface area (Å²) >= 11 is 1.46. The summed E-state index contributed by atoms with van der Waals surface area (Å²) in [4.78, 5) is 82.6. The van der Waals surface area contributed by atoms with Crippen LogP contribution in [0.3, 0.4) is 0 Å². The highest BCUT2D eigenvalue weighted by Crippen LogP contribution is 2.06. The van der Waals surface area contributed by atoms with E-state index in [1.54, 1.807) is 0 Å². The fraction of sp³-hybridized carbons (Fsp3) is 0.650. The number of carbonyl (C=O) groups excluding carboxylic acids is 5. The zero-order valence-electron chi connectivity index (χ0n) is 19.9. The van der Waals surface area contributed by atoms with Crippen molar-refractivity contribution in [3.05, 3.63) is 0 Å². The van der Waals surface area contributed by atoms with Crippen molar-refractivity contribution in [1.29, 1.82) is 0 Å². The number of amides is 5. The minimum Gasteiger partial charge on any atom is -0.481 e. The quantitative estimate of drug-likeness (QED) is 0.0826.